The number of hydrogen-bond acceptors (Lipinski definition) is 3. The van der Waals surface area contributed by atoms with Gasteiger partial charge in [-0.05, 0) is 24.6 Å². The number of methoxy groups -OCH3 is 1. The number of benzene rings is 1. The molecule has 0 radical (unpaired) electrons. The second-order valence-electron chi connectivity index (χ2n) is 3.93. The van der Waals surface area contributed by atoms with Crippen molar-refractivity contribution in [1.82, 2.24) is 0 Å². The highest BCUT2D eigenvalue weighted by Crippen LogP contribution is 2.30. The molecule has 92 valence electrons. The van der Waals surface area contributed by atoms with Crippen molar-refractivity contribution in [3.63, 3.8) is 0 Å². The zero-order valence-electron chi connectivity index (χ0n) is 10.4. The van der Waals surface area contributed by atoms with E-state index >= 15 is 0 Å². The molecule has 1 aromatic rings. The molecular weight excluding hydrogens is 236 g/mol. The Morgan fingerprint density at radius 2 is 2.24 bits per heavy atom. The Bertz CT molecular complexity index is 414. The van der Waals surface area contributed by atoms with Crippen molar-refractivity contribution in [2.45, 2.75) is 13.3 Å². The average molecular weight is 253 g/mol. The van der Waals surface area contributed by atoms with Gasteiger partial charge in [0.05, 0.1) is 24.8 Å². The minimum atomic E-state index is 0.0173. The van der Waals surface area contributed by atoms with Crippen LogP contribution in [0.15, 0.2) is 18.2 Å². The summed E-state index contributed by atoms with van der Waals surface area (Å²) in [6.07, 6.45) is 0.837. The third-order valence-corrected chi connectivity index (χ3v) is 2.96. The van der Waals surface area contributed by atoms with Crippen LogP contribution in [0.25, 0.3) is 0 Å². The summed E-state index contributed by atoms with van der Waals surface area (Å²) in [7, 11) is 3.57. The molecule has 0 aliphatic rings. The van der Waals surface area contributed by atoms with Gasteiger partial charge in [0, 0.05) is 18.6 Å². The van der Waals surface area contributed by atoms with Crippen molar-refractivity contribution in [3.05, 3.63) is 23.2 Å². The van der Waals surface area contributed by atoms with Crippen LogP contribution in [0.5, 0.6) is 5.75 Å². The van der Waals surface area contributed by atoms with Crippen LogP contribution < -0.4 is 9.64 Å². The standard InChI is InChI=1S/C13H17ClN2O/c1-4-10(8-15)9-16(2)12-7-11(14)5-6-13(12)17-3/h5-7,10H,4,9H2,1-3H3. The van der Waals surface area contributed by atoms with Gasteiger partial charge in [-0.25, -0.2) is 0 Å². The number of rotatable bonds is 5. The molecule has 0 spiro atoms. The van der Waals surface area contributed by atoms with Crippen molar-refractivity contribution >= 4 is 17.3 Å². The molecule has 1 atom stereocenters. The van der Waals surface area contributed by atoms with Gasteiger partial charge in [-0.1, -0.05) is 18.5 Å². The van der Waals surface area contributed by atoms with Crippen LogP contribution in [0.2, 0.25) is 5.02 Å². The Kier molecular flexibility index (Phi) is 5.11. The minimum absolute atomic E-state index is 0.0173. The third kappa shape index (κ3) is 3.54. The highest BCUT2D eigenvalue weighted by Gasteiger charge is 2.13. The van der Waals surface area contributed by atoms with E-state index in [1.165, 1.54) is 0 Å². The Labute approximate surface area is 108 Å². The summed E-state index contributed by atoms with van der Waals surface area (Å²) in [6, 6.07) is 7.77. The molecule has 3 nitrogen and oxygen atoms in total. The lowest BCUT2D eigenvalue weighted by atomic mass is 10.1. The van der Waals surface area contributed by atoms with Gasteiger partial charge in [0.2, 0.25) is 0 Å². The van der Waals surface area contributed by atoms with Crippen molar-refractivity contribution < 1.29 is 4.74 Å². The number of ether oxygens (including phenoxy) is 1. The first kappa shape index (κ1) is 13.7. The maximum atomic E-state index is 8.97. The summed E-state index contributed by atoms with van der Waals surface area (Å²) in [6.45, 7) is 2.68. The van der Waals surface area contributed by atoms with Crippen LogP contribution in [0.3, 0.4) is 0 Å². The van der Waals surface area contributed by atoms with E-state index in [-0.39, 0.29) is 5.92 Å². The minimum Gasteiger partial charge on any atom is -0.495 e. The van der Waals surface area contributed by atoms with Gasteiger partial charge < -0.3 is 9.64 Å². The van der Waals surface area contributed by atoms with E-state index in [1.54, 1.807) is 13.2 Å². The molecule has 0 N–H and O–H groups in total. The van der Waals surface area contributed by atoms with E-state index in [2.05, 4.69) is 6.07 Å². The van der Waals surface area contributed by atoms with Gasteiger partial charge in [-0.15, -0.1) is 0 Å². The van der Waals surface area contributed by atoms with Gasteiger partial charge in [0.1, 0.15) is 5.75 Å². The first-order valence-electron chi connectivity index (χ1n) is 5.56. The monoisotopic (exact) mass is 252 g/mol. The zero-order valence-corrected chi connectivity index (χ0v) is 11.2. The highest BCUT2D eigenvalue weighted by molar-refractivity contribution is 6.30. The SMILES string of the molecule is CCC(C#N)CN(C)c1cc(Cl)ccc1OC. The van der Waals surface area contributed by atoms with Crippen LogP contribution in [0, 0.1) is 17.2 Å². The molecule has 0 heterocycles. The molecule has 0 amide bonds. The second-order valence-corrected chi connectivity index (χ2v) is 4.37. The van der Waals surface area contributed by atoms with Gasteiger partial charge in [-0.3, -0.25) is 0 Å². The molecule has 0 fully saturated rings. The van der Waals surface area contributed by atoms with E-state index in [0.29, 0.717) is 11.6 Å². The van der Waals surface area contributed by atoms with Crippen LogP contribution in [0.1, 0.15) is 13.3 Å². The quantitative estimate of drug-likeness (QED) is 0.807. The molecule has 0 aliphatic carbocycles. The number of hydrogen-bond donors (Lipinski definition) is 0. The highest BCUT2D eigenvalue weighted by atomic mass is 35.5. The Hall–Kier alpha value is -1.40. The van der Waals surface area contributed by atoms with Crippen LogP contribution >= 0.6 is 11.6 Å². The largest absolute Gasteiger partial charge is 0.495 e. The summed E-state index contributed by atoms with van der Waals surface area (Å²) < 4.78 is 5.29. The fourth-order valence-corrected chi connectivity index (χ4v) is 1.82. The van der Waals surface area contributed by atoms with Crippen molar-refractivity contribution in [1.29, 1.82) is 5.26 Å². The molecule has 0 aromatic heterocycles. The molecule has 17 heavy (non-hydrogen) atoms. The molecular formula is C13H17ClN2O. The molecule has 1 aromatic carbocycles. The normalized spacial score (nSPS) is 11.7. The molecule has 1 unspecified atom stereocenters. The predicted octanol–water partition coefficient (Wildman–Crippen LogP) is 3.33. The van der Waals surface area contributed by atoms with Crippen LogP contribution in [-0.2, 0) is 0 Å². The van der Waals surface area contributed by atoms with Crippen molar-refractivity contribution in [2.75, 3.05) is 25.6 Å². The van der Waals surface area contributed by atoms with E-state index in [9.17, 15) is 0 Å². The molecule has 0 bridgehead atoms. The molecule has 4 heteroatoms. The first-order chi connectivity index (χ1) is 8.12. The first-order valence-corrected chi connectivity index (χ1v) is 5.94. The Morgan fingerprint density at radius 3 is 2.76 bits per heavy atom. The molecule has 1 rings (SSSR count). The lowest BCUT2D eigenvalue weighted by molar-refractivity contribution is 0.414. The third-order valence-electron chi connectivity index (χ3n) is 2.72. The van der Waals surface area contributed by atoms with E-state index in [4.69, 9.17) is 21.6 Å². The fraction of sp³-hybridized carbons (Fsp3) is 0.462. The van der Waals surface area contributed by atoms with Gasteiger partial charge in [0.25, 0.3) is 0 Å². The van der Waals surface area contributed by atoms with E-state index in [1.807, 2.05) is 31.0 Å². The van der Waals surface area contributed by atoms with Gasteiger partial charge in [0.15, 0.2) is 0 Å². The smallest absolute Gasteiger partial charge is 0.142 e. The summed E-state index contributed by atoms with van der Waals surface area (Å²) in [5.41, 5.74) is 0.911. The lowest BCUT2D eigenvalue weighted by Gasteiger charge is -2.23. The van der Waals surface area contributed by atoms with E-state index in [0.717, 1.165) is 17.9 Å². The fourth-order valence-electron chi connectivity index (χ4n) is 1.65. The van der Waals surface area contributed by atoms with Gasteiger partial charge in [-0.2, -0.15) is 5.26 Å². The number of nitriles is 1. The predicted molar refractivity (Wildman–Crippen MR) is 70.7 cm³/mol. The van der Waals surface area contributed by atoms with Gasteiger partial charge >= 0.3 is 0 Å². The topological polar surface area (TPSA) is 36.3 Å². The molecule has 0 saturated heterocycles. The number of halogens is 1. The zero-order chi connectivity index (χ0) is 12.8. The van der Waals surface area contributed by atoms with Crippen LogP contribution in [-0.4, -0.2) is 20.7 Å². The summed E-state index contributed by atoms with van der Waals surface area (Å²) in [5, 5.41) is 9.63. The Balaban J connectivity index is 2.91. The molecule has 0 aliphatic heterocycles. The summed E-state index contributed by atoms with van der Waals surface area (Å²) in [4.78, 5) is 2.00. The number of anilines is 1. The maximum absolute atomic E-state index is 8.97. The maximum Gasteiger partial charge on any atom is 0.142 e. The van der Waals surface area contributed by atoms with Crippen LogP contribution in [0.4, 0.5) is 5.69 Å². The van der Waals surface area contributed by atoms with E-state index < -0.39 is 0 Å². The second kappa shape index (κ2) is 6.36. The summed E-state index contributed by atoms with van der Waals surface area (Å²) >= 11 is 5.97. The van der Waals surface area contributed by atoms with Crippen molar-refractivity contribution in [3.8, 4) is 11.8 Å². The molecule has 0 saturated carbocycles. The Morgan fingerprint density at radius 1 is 1.53 bits per heavy atom. The summed E-state index contributed by atoms with van der Waals surface area (Å²) in [5.74, 6) is 0.786. The average Bonchev–Trinajstić information content (AvgIpc) is 2.35. The lowest BCUT2D eigenvalue weighted by Crippen LogP contribution is -2.24. The number of nitrogens with zero attached hydrogens (tertiary/aromatic N) is 2. The van der Waals surface area contributed by atoms with Crippen molar-refractivity contribution in [2.24, 2.45) is 5.92 Å².